The maximum Gasteiger partial charge on any atom is 0.337 e. The molecule has 0 aliphatic heterocycles. The van der Waals surface area contributed by atoms with E-state index in [-0.39, 0.29) is 40.7 Å². The van der Waals surface area contributed by atoms with Crippen molar-refractivity contribution >= 4 is 29.4 Å². The number of aromatic nitrogens is 3. The largest absolute Gasteiger partial charge is 0.508 e. The SMILES string of the molecule is COC(=O)c1ccc(C)c(-n2c(C)cc(OCc3ccc(F)cc3CNC(=O)Nc3cc(C(C)(C)C)nn3-c3cccc(O)c3)c(Cl)c2=O)c1. The quantitative estimate of drug-likeness (QED) is 0.139. The summed E-state index contributed by atoms with van der Waals surface area (Å²) in [4.78, 5) is 38.7. The number of benzene rings is 3. The average Bonchev–Trinajstić information content (AvgIpc) is 3.50. The molecule has 2 heterocycles. The molecule has 3 aromatic carbocycles. The summed E-state index contributed by atoms with van der Waals surface area (Å²) in [6, 6.07) is 18.2. The number of carbonyl (C=O) groups is 2. The number of methoxy groups -OCH3 is 1. The lowest BCUT2D eigenvalue weighted by Gasteiger charge is -2.17. The minimum absolute atomic E-state index is 0.0460. The molecule has 260 valence electrons. The number of esters is 1. The highest BCUT2D eigenvalue weighted by atomic mass is 35.5. The smallest absolute Gasteiger partial charge is 0.337 e. The lowest BCUT2D eigenvalue weighted by molar-refractivity contribution is 0.0600. The molecule has 5 aromatic rings. The first-order chi connectivity index (χ1) is 23.7. The molecule has 0 saturated heterocycles. The summed E-state index contributed by atoms with van der Waals surface area (Å²) in [6.45, 7) is 9.34. The van der Waals surface area contributed by atoms with Crippen LogP contribution in [0.3, 0.4) is 0 Å². The van der Waals surface area contributed by atoms with E-state index in [1.807, 2.05) is 20.8 Å². The fraction of sp³-hybridized carbons (Fsp3) is 0.243. The third kappa shape index (κ3) is 7.81. The molecule has 0 saturated carbocycles. The number of rotatable bonds is 9. The van der Waals surface area contributed by atoms with Gasteiger partial charge in [-0.25, -0.2) is 18.7 Å². The van der Waals surface area contributed by atoms with Crippen molar-refractivity contribution in [3.63, 3.8) is 0 Å². The van der Waals surface area contributed by atoms with Crippen LogP contribution in [0.5, 0.6) is 11.5 Å². The van der Waals surface area contributed by atoms with Crippen molar-refractivity contribution in [1.29, 1.82) is 0 Å². The van der Waals surface area contributed by atoms with Crippen LogP contribution in [0.15, 0.2) is 77.6 Å². The van der Waals surface area contributed by atoms with Gasteiger partial charge in [-0.3, -0.25) is 14.7 Å². The number of amides is 2. The number of hydrogen-bond donors (Lipinski definition) is 3. The van der Waals surface area contributed by atoms with Crippen LogP contribution in [0.25, 0.3) is 11.4 Å². The second-order valence-electron chi connectivity index (χ2n) is 12.7. The minimum atomic E-state index is -0.572. The van der Waals surface area contributed by atoms with Crippen molar-refractivity contribution in [3.8, 4) is 22.9 Å². The second kappa shape index (κ2) is 14.5. The number of anilines is 1. The molecule has 2 amide bonds. The number of aromatic hydroxyl groups is 1. The number of nitrogens with zero attached hydrogens (tertiary/aromatic N) is 3. The zero-order valence-electron chi connectivity index (χ0n) is 28.4. The van der Waals surface area contributed by atoms with E-state index >= 15 is 0 Å². The van der Waals surface area contributed by atoms with Gasteiger partial charge in [0.15, 0.2) is 0 Å². The van der Waals surface area contributed by atoms with Crippen molar-refractivity contribution in [2.24, 2.45) is 0 Å². The van der Waals surface area contributed by atoms with E-state index < -0.39 is 23.4 Å². The Labute approximate surface area is 293 Å². The van der Waals surface area contributed by atoms with Crippen LogP contribution in [-0.2, 0) is 23.3 Å². The molecular formula is C37H37ClFN5O6. The number of phenols is 1. The lowest BCUT2D eigenvalue weighted by Crippen LogP contribution is -2.29. The summed E-state index contributed by atoms with van der Waals surface area (Å²) in [5.74, 6) is -0.524. The molecule has 11 nitrogen and oxygen atoms in total. The Morgan fingerprint density at radius 1 is 1.00 bits per heavy atom. The van der Waals surface area contributed by atoms with Crippen molar-refractivity contribution in [1.82, 2.24) is 19.7 Å². The normalized spacial score (nSPS) is 11.3. The van der Waals surface area contributed by atoms with Crippen LogP contribution in [0.1, 0.15) is 59.2 Å². The number of ether oxygens (including phenoxy) is 2. The van der Waals surface area contributed by atoms with E-state index in [2.05, 4.69) is 15.7 Å². The predicted octanol–water partition coefficient (Wildman–Crippen LogP) is 7.12. The number of carbonyl (C=O) groups excluding carboxylic acids is 2. The van der Waals surface area contributed by atoms with Gasteiger partial charge in [-0.15, -0.1) is 0 Å². The highest BCUT2D eigenvalue weighted by Crippen LogP contribution is 2.29. The topological polar surface area (TPSA) is 137 Å². The fourth-order valence-electron chi connectivity index (χ4n) is 5.23. The van der Waals surface area contributed by atoms with E-state index in [9.17, 15) is 23.9 Å². The minimum Gasteiger partial charge on any atom is -0.508 e. The van der Waals surface area contributed by atoms with E-state index in [1.54, 1.807) is 56.3 Å². The van der Waals surface area contributed by atoms with Crippen LogP contribution in [0.4, 0.5) is 15.0 Å². The van der Waals surface area contributed by atoms with Crippen molar-refractivity contribution in [3.05, 3.63) is 128 Å². The Balaban J connectivity index is 1.33. The Morgan fingerprint density at radius 3 is 2.46 bits per heavy atom. The Morgan fingerprint density at radius 2 is 1.76 bits per heavy atom. The third-order valence-electron chi connectivity index (χ3n) is 7.96. The number of phenolic OH excluding ortho intramolecular Hbond substituents is 1. The van der Waals surface area contributed by atoms with E-state index in [1.165, 1.54) is 46.7 Å². The first-order valence-electron chi connectivity index (χ1n) is 15.6. The van der Waals surface area contributed by atoms with E-state index in [4.69, 9.17) is 21.1 Å². The molecule has 0 unspecified atom stereocenters. The van der Waals surface area contributed by atoms with Crippen molar-refractivity contribution in [2.45, 2.75) is 53.2 Å². The summed E-state index contributed by atoms with van der Waals surface area (Å²) in [5, 5.41) is 20.0. The molecule has 13 heteroatoms. The van der Waals surface area contributed by atoms with Gasteiger partial charge in [0.05, 0.1) is 29.7 Å². The molecule has 5 rings (SSSR count). The van der Waals surface area contributed by atoms with Gasteiger partial charge >= 0.3 is 12.0 Å². The summed E-state index contributed by atoms with van der Waals surface area (Å²) >= 11 is 6.51. The van der Waals surface area contributed by atoms with Gasteiger partial charge < -0.3 is 19.9 Å². The van der Waals surface area contributed by atoms with Crippen LogP contribution < -0.4 is 20.9 Å². The van der Waals surface area contributed by atoms with Gasteiger partial charge in [-0.05, 0) is 66.9 Å². The Bertz CT molecular complexity index is 2150. The van der Waals surface area contributed by atoms with Crippen LogP contribution in [-0.4, -0.2) is 38.6 Å². The molecule has 0 fully saturated rings. The lowest BCUT2D eigenvalue weighted by atomic mass is 9.92. The number of aryl methyl sites for hydroxylation is 2. The van der Waals surface area contributed by atoms with Crippen molar-refractivity contribution < 1.29 is 28.6 Å². The summed E-state index contributed by atoms with van der Waals surface area (Å²) in [5.41, 5.74) is 3.35. The second-order valence-corrected chi connectivity index (χ2v) is 13.1. The summed E-state index contributed by atoms with van der Waals surface area (Å²) in [7, 11) is 1.28. The number of pyridine rings is 1. The first-order valence-corrected chi connectivity index (χ1v) is 16.0. The van der Waals surface area contributed by atoms with Crippen LogP contribution >= 0.6 is 11.6 Å². The molecule has 0 bridgehead atoms. The van der Waals surface area contributed by atoms with Gasteiger partial charge in [0, 0.05) is 35.9 Å². The Hall–Kier alpha value is -5.62. The van der Waals surface area contributed by atoms with Gasteiger partial charge in [-0.1, -0.05) is 50.6 Å². The number of halogens is 2. The number of hydrogen-bond acceptors (Lipinski definition) is 7. The molecule has 0 spiro atoms. The Kier molecular flexibility index (Phi) is 10.3. The molecule has 3 N–H and O–H groups in total. The monoisotopic (exact) mass is 701 g/mol. The van der Waals surface area contributed by atoms with E-state index in [0.717, 1.165) is 5.56 Å². The first kappa shape index (κ1) is 35.7. The number of nitrogens with one attached hydrogen (secondary N) is 2. The highest BCUT2D eigenvalue weighted by Gasteiger charge is 2.22. The molecule has 0 aliphatic rings. The predicted molar refractivity (Wildman–Crippen MR) is 188 cm³/mol. The summed E-state index contributed by atoms with van der Waals surface area (Å²) < 4.78 is 28.1. The highest BCUT2D eigenvalue weighted by molar-refractivity contribution is 6.31. The molecule has 0 atom stereocenters. The zero-order chi connectivity index (χ0) is 36.3. The molecule has 0 radical (unpaired) electrons. The van der Waals surface area contributed by atoms with Crippen LogP contribution in [0, 0.1) is 19.7 Å². The molecule has 0 aliphatic carbocycles. The zero-order valence-corrected chi connectivity index (χ0v) is 29.2. The van der Waals surface area contributed by atoms with Gasteiger partial charge in [0.1, 0.15) is 34.8 Å². The van der Waals surface area contributed by atoms with Crippen molar-refractivity contribution in [2.75, 3.05) is 12.4 Å². The van der Waals surface area contributed by atoms with E-state index in [0.29, 0.717) is 39.7 Å². The molecule has 2 aromatic heterocycles. The standard InChI is InChI=1S/C37H37ClFN5O6/c1-21-10-11-23(35(47)49-6)16-29(21)43-22(2)14-30(33(38)34(43)46)50-20-24-12-13-26(39)15-25(24)19-40-36(48)41-32-18-31(37(3,4)5)42-44(32)27-8-7-9-28(45)17-27/h7-18,45H,19-20H2,1-6H3,(H2,40,41,48). The maximum absolute atomic E-state index is 14.4. The summed E-state index contributed by atoms with van der Waals surface area (Å²) in [6.07, 6.45) is 0. The number of urea groups is 1. The molecule has 50 heavy (non-hydrogen) atoms. The fourth-order valence-corrected chi connectivity index (χ4v) is 5.42. The van der Waals surface area contributed by atoms with Gasteiger partial charge in [-0.2, -0.15) is 5.10 Å². The van der Waals surface area contributed by atoms with Gasteiger partial charge in [0.2, 0.25) is 0 Å². The average molecular weight is 702 g/mol. The molecular weight excluding hydrogens is 665 g/mol. The maximum atomic E-state index is 14.4. The van der Waals surface area contributed by atoms with Gasteiger partial charge in [0.25, 0.3) is 5.56 Å². The third-order valence-corrected chi connectivity index (χ3v) is 8.30. The van der Waals surface area contributed by atoms with Crippen LogP contribution in [0.2, 0.25) is 5.02 Å².